The third-order valence-electron chi connectivity index (χ3n) is 3.84. The second-order valence-electron chi connectivity index (χ2n) is 5.59. The first-order chi connectivity index (χ1) is 11.5. The molecule has 1 amide bonds. The second-order valence-corrected chi connectivity index (χ2v) is 5.59. The van der Waals surface area contributed by atoms with Crippen molar-refractivity contribution >= 4 is 11.9 Å². The summed E-state index contributed by atoms with van der Waals surface area (Å²) in [6, 6.07) is 14.5. The Hall–Kier alpha value is -2.82. The number of methoxy groups -OCH3 is 1. The number of amides is 1. The molecule has 0 saturated carbocycles. The molecule has 0 saturated heterocycles. The molecule has 0 aliphatic rings. The maximum atomic E-state index is 12.1. The Morgan fingerprint density at radius 3 is 2.50 bits per heavy atom. The molecule has 24 heavy (non-hydrogen) atoms. The lowest BCUT2D eigenvalue weighted by molar-refractivity contribution is -0.138. The number of hydrogen-bond acceptors (Lipinski definition) is 3. The van der Waals surface area contributed by atoms with Crippen LogP contribution in [0.1, 0.15) is 22.6 Å². The van der Waals surface area contributed by atoms with E-state index in [1.54, 1.807) is 31.4 Å². The van der Waals surface area contributed by atoms with Gasteiger partial charge < -0.3 is 15.2 Å². The molecule has 0 aromatic heterocycles. The minimum Gasteiger partial charge on any atom is -0.496 e. The summed E-state index contributed by atoms with van der Waals surface area (Å²) in [6.07, 6.45) is 0.178. The van der Waals surface area contributed by atoms with Gasteiger partial charge in [-0.15, -0.1) is 0 Å². The summed E-state index contributed by atoms with van der Waals surface area (Å²) < 4.78 is 5.25. The average Bonchev–Trinajstić information content (AvgIpc) is 2.57. The van der Waals surface area contributed by atoms with Crippen LogP contribution in [0.15, 0.2) is 48.5 Å². The zero-order valence-electron chi connectivity index (χ0n) is 13.8. The first-order valence-electron chi connectivity index (χ1n) is 7.69. The Bertz CT molecular complexity index is 713. The number of carbonyl (C=O) groups excluding carboxylic acids is 1. The SMILES string of the molecule is COc1cc(CC(=O)NCC(C(=O)O)c2ccccc2)ccc1C. The lowest BCUT2D eigenvalue weighted by Gasteiger charge is -2.14. The fourth-order valence-electron chi connectivity index (χ4n) is 2.47. The number of carboxylic acids is 1. The number of rotatable bonds is 7. The van der Waals surface area contributed by atoms with Crippen LogP contribution in [0.2, 0.25) is 0 Å². The molecule has 1 atom stereocenters. The zero-order chi connectivity index (χ0) is 17.5. The van der Waals surface area contributed by atoms with E-state index in [0.717, 1.165) is 16.9 Å². The van der Waals surface area contributed by atoms with Gasteiger partial charge in [-0.1, -0.05) is 42.5 Å². The van der Waals surface area contributed by atoms with E-state index in [-0.39, 0.29) is 18.9 Å². The topological polar surface area (TPSA) is 75.6 Å². The van der Waals surface area contributed by atoms with Crippen molar-refractivity contribution in [1.29, 1.82) is 0 Å². The van der Waals surface area contributed by atoms with Gasteiger partial charge in [0.15, 0.2) is 0 Å². The van der Waals surface area contributed by atoms with Crippen molar-refractivity contribution < 1.29 is 19.4 Å². The van der Waals surface area contributed by atoms with Gasteiger partial charge in [-0.25, -0.2) is 0 Å². The molecule has 5 nitrogen and oxygen atoms in total. The predicted molar refractivity (Wildman–Crippen MR) is 91.3 cm³/mol. The van der Waals surface area contributed by atoms with Crippen molar-refractivity contribution in [2.45, 2.75) is 19.3 Å². The number of carbonyl (C=O) groups is 2. The highest BCUT2D eigenvalue weighted by molar-refractivity contribution is 5.81. The van der Waals surface area contributed by atoms with Gasteiger partial charge in [0.1, 0.15) is 5.75 Å². The van der Waals surface area contributed by atoms with Gasteiger partial charge in [0.05, 0.1) is 19.4 Å². The summed E-state index contributed by atoms with van der Waals surface area (Å²) >= 11 is 0. The molecule has 1 unspecified atom stereocenters. The van der Waals surface area contributed by atoms with Crippen LogP contribution in [-0.4, -0.2) is 30.6 Å². The summed E-state index contributed by atoms with van der Waals surface area (Å²) in [4.78, 5) is 23.5. The molecule has 2 aromatic rings. The highest BCUT2D eigenvalue weighted by Gasteiger charge is 2.20. The minimum absolute atomic E-state index is 0.0567. The van der Waals surface area contributed by atoms with E-state index in [9.17, 15) is 14.7 Å². The van der Waals surface area contributed by atoms with E-state index in [4.69, 9.17) is 4.74 Å². The Labute approximate surface area is 141 Å². The maximum absolute atomic E-state index is 12.1. The lowest BCUT2D eigenvalue weighted by atomic mass is 9.99. The van der Waals surface area contributed by atoms with Gasteiger partial charge in [0.25, 0.3) is 0 Å². The number of nitrogens with one attached hydrogen (secondary N) is 1. The molecule has 0 radical (unpaired) electrons. The third-order valence-corrected chi connectivity index (χ3v) is 3.84. The summed E-state index contributed by atoms with van der Waals surface area (Å²) in [5, 5.41) is 12.1. The van der Waals surface area contributed by atoms with Gasteiger partial charge in [0, 0.05) is 6.54 Å². The van der Waals surface area contributed by atoms with Crippen LogP contribution < -0.4 is 10.1 Å². The largest absolute Gasteiger partial charge is 0.496 e. The molecule has 0 spiro atoms. The molecule has 0 aliphatic carbocycles. The van der Waals surface area contributed by atoms with Crippen LogP contribution in [-0.2, 0) is 16.0 Å². The van der Waals surface area contributed by atoms with E-state index in [1.807, 2.05) is 31.2 Å². The standard InChI is InChI=1S/C19H21NO4/c1-13-8-9-14(10-17(13)24-2)11-18(21)20-12-16(19(22)23)15-6-4-3-5-7-15/h3-10,16H,11-12H2,1-2H3,(H,20,21)(H,22,23). The molecule has 0 fully saturated rings. The minimum atomic E-state index is -0.960. The summed E-state index contributed by atoms with van der Waals surface area (Å²) in [5.41, 5.74) is 2.49. The molecular weight excluding hydrogens is 306 g/mol. The number of hydrogen-bond donors (Lipinski definition) is 2. The van der Waals surface area contributed by atoms with Crippen LogP contribution in [0, 0.1) is 6.92 Å². The Morgan fingerprint density at radius 1 is 1.17 bits per heavy atom. The van der Waals surface area contributed by atoms with Crippen molar-refractivity contribution in [2.24, 2.45) is 0 Å². The summed E-state index contributed by atoms with van der Waals surface area (Å²) in [5.74, 6) is -1.21. The lowest BCUT2D eigenvalue weighted by Crippen LogP contribution is -2.32. The number of aliphatic carboxylic acids is 1. The molecular formula is C19H21NO4. The number of aryl methyl sites for hydroxylation is 1. The highest BCUT2D eigenvalue weighted by atomic mass is 16.5. The van der Waals surface area contributed by atoms with Crippen molar-refractivity contribution in [3.05, 3.63) is 65.2 Å². The smallest absolute Gasteiger partial charge is 0.312 e. The monoisotopic (exact) mass is 327 g/mol. The average molecular weight is 327 g/mol. The third kappa shape index (κ3) is 4.59. The van der Waals surface area contributed by atoms with E-state index < -0.39 is 11.9 Å². The Balaban J connectivity index is 1.98. The van der Waals surface area contributed by atoms with E-state index in [2.05, 4.69) is 5.32 Å². The van der Waals surface area contributed by atoms with E-state index in [0.29, 0.717) is 5.56 Å². The molecule has 126 valence electrons. The quantitative estimate of drug-likeness (QED) is 0.819. The molecule has 2 rings (SSSR count). The van der Waals surface area contributed by atoms with Gasteiger partial charge in [-0.2, -0.15) is 0 Å². The van der Waals surface area contributed by atoms with Crippen molar-refractivity contribution in [3.8, 4) is 5.75 Å². The highest BCUT2D eigenvalue weighted by Crippen LogP contribution is 2.19. The fraction of sp³-hybridized carbons (Fsp3) is 0.263. The molecule has 0 heterocycles. The van der Waals surface area contributed by atoms with Crippen LogP contribution in [0.5, 0.6) is 5.75 Å². The molecule has 0 aliphatic heterocycles. The first-order valence-corrected chi connectivity index (χ1v) is 7.69. The van der Waals surface area contributed by atoms with E-state index in [1.165, 1.54) is 0 Å². The summed E-state index contributed by atoms with van der Waals surface area (Å²) in [7, 11) is 1.59. The molecule has 2 aromatic carbocycles. The molecule has 5 heteroatoms. The van der Waals surface area contributed by atoms with Crippen LogP contribution >= 0.6 is 0 Å². The van der Waals surface area contributed by atoms with Crippen LogP contribution in [0.25, 0.3) is 0 Å². The van der Waals surface area contributed by atoms with Crippen LogP contribution in [0.4, 0.5) is 0 Å². The van der Waals surface area contributed by atoms with Gasteiger partial charge in [0.2, 0.25) is 5.91 Å². The number of carboxylic acid groups (broad SMARTS) is 1. The molecule has 2 N–H and O–H groups in total. The second kappa shape index (κ2) is 8.15. The zero-order valence-corrected chi connectivity index (χ0v) is 13.8. The van der Waals surface area contributed by atoms with E-state index >= 15 is 0 Å². The van der Waals surface area contributed by atoms with Gasteiger partial charge >= 0.3 is 5.97 Å². The van der Waals surface area contributed by atoms with Crippen molar-refractivity contribution in [3.63, 3.8) is 0 Å². The fourth-order valence-corrected chi connectivity index (χ4v) is 2.47. The Morgan fingerprint density at radius 2 is 1.88 bits per heavy atom. The predicted octanol–water partition coefficient (Wildman–Crippen LogP) is 2.53. The normalized spacial score (nSPS) is 11.6. The Kier molecular flexibility index (Phi) is 5.95. The summed E-state index contributed by atoms with van der Waals surface area (Å²) in [6.45, 7) is 1.99. The number of benzene rings is 2. The van der Waals surface area contributed by atoms with Crippen molar-refractivity contribution in [1.82, 2.24) is 5.32 Å². The molecule has 0 bridgehead atoms. The first kappa shape index (κ1) is 17.5. The maximum Gasteiger partial charge on any atom is 0.312 e. The number of ether oxygens (including phenoxy) is 1. The van der Waals surface area contributed by atoms with Crippen molar-refractivity contribution in [2.75, 3.05) is 13.7 Å². The van der Waals surface area contributed by atoms with Gasteiger partial charge in [-0.05, 0) is 29.7 Å². The van der Waals surface area contributed by atoms with Crippen LogP contribution in [0.3, 0.4) is 0 Å². The van der Waals surface area contributed by atoms with Gasteiger partial charge in [-0.3, -0.25) is 9.59 Å².